The quantitative estimate of drug-likeness (QED) is 0.136. The normalized spacial score (nSPS) is 10.6. The fourth-order valence-electron chi connectivity index (χ4n) is 3.83. The van der Waals surface area contributed by atoms with E-state index in [1.807, 2.05) is 26.0 Å². The van der Waals surface area contributed by atoms with Crippen LogP contribution in [0, 0.1) is 0 Å². The number of hydrogen-bond acceptors (Lipinski definition) is 5. The average molecular weight is 568 g/mol. The minimum atomic E-state index is 0.512. The van der Waals surface area contributed by atoms with Gasteiger partial charge in [-0.05, 0) is 84.4 Å². The Labute approximate surface area is 236 Å². The van der Waals surface area contributed by atoms with Crippen LogP contribution in [-0.2, 0) is 0 Å². The fourth-order valence-corrected chi connectivity index (χ4v) is 4.87. The zero-order chi connectivity index (χ0) is 26.1. The highest BCUT2D eigenvalue weighted by molar-refractivity contribution is 7.81. The van der Waals surface area contributed by atoms with E-state index in [1.54, 1.807) is 14.2 Å². The van der Waals surface area contributed by atoms with Crippen LogP contribution in [0.15, 0.2) is 30.3 Å². The van der Waals surface area contributed by atoms with Crippen LogP contribution in [0.4, 0.5) is 0 Å². The van der Waals surface area contributed by atoms with E-state index in [-0.39, 0.29) is 0 Å². The molecule has 0 radical (unpaired) electrons. The summed E-state index contributed by atoms with van der Waals surface area (Å²) in [5, 5.41) is 1.02. The van der Waals surface area contributed by atoms with Gasteiger partial charge in [-0.1, -0.05) is 86.7 Å². The van der Waals surface area contributed by atoms with Crippen LogP contribution in [0.25, 0.3) is 5.57 Å². The van der Waals surface area contributed by atoms with Crippen LogP contribution in [0.3, 0.4) is 0 Å². The molecular formula is C28H32Cl2O2S3. The van der Waals surface area contributed by atoms with Gasteiger partial charge in [0, 0.05) is 20.9 Å². The molecule has 0 heterocycles. The van der Waals surface area contributed by atoms with Gasteiger partial charge in [0.15, 0.2) is 0 Å². The molecule has 0 fully saturated rings. The van der Waals surface area contributed by atoms with Crippen LogP contribution in [0.1, 0.15) is 81.5 Å². The second kappa shape index (κ2) is 14.4. The highest BCUT2D eigenvalue weighted by Gasteiger charge is 2.19. The maximum absolute atomic E-state index is 6.68. The molecule has 0 aromatic heterocycles. The van der Waals surface area contributed by atoms with Gasteiger partial charge in [-0.3, -0.25) is 0 Å². The standard InChI is InChI=1S/C28H32Cl2O2S3/c1-6-19(33)11-9-10-12-20(17-13-21(25(34)7-2)27(31-4)23(29)15-17)18-14-22(26(35)8-3)28(32-5)24(30)16-18/h12-16H,6-11H2,1-5H3. The Morgan fingerprint density at radius 1 is 0.771 bits per heavy atom. The minimum Gasteiger partial charge on any atom is -0.495 e. The molecule has 0 atom stereocenters. The molecule has 0 amide bonds. The van der Waals surface area contributed by atoms with Crippen LogP contribution in [0.5, 0.6) is 11.5 Å². The fraction of sp³-hybridized carbons (Fsp3) is 0.393. The Hall–Kier alpha value is -1.37. The SMILES string of the molecule is CCC(=S)CCCC=C(c1cc(Cl)c(OC)c(C(=S)CC)c1)c1cc(Cl)c(OC)c(C(=S)CC)c1. The summed E-state index contributed by atoms with van der Waals surface area (Å²) in [6.45, 7) is 6.15. The second-order valence-electron chi connectivity index (χ2n) is 8.03. The van der Waals surface area contributed by atoms with Crippen molar-refractivity contribution >= 4 is 80.0 Å². The molecule has 35 heavy (non-hydrogen) atoms. The van der Waals surface area contributed by atoms with E-state index in [4.69, 9.17) is 69.3 Å². The molecule has 0 aliphatic carbocycles. The first-order valence-electron chi connectivity index (χ1n) is 11.8. The third-order valence-corrected chi connectivity index (χ3v) is 7.83. The Balaban J connectivity index is 2.73. The van der Waals surface area contributed by atoms with E-state index in [2.05, 4.69) is 25.1 Å². The maximum Gasteiger partial charge on any atom is 0.145 e. The van der Waals surface area contributed by atoms with Gasteiger partial charge >= 0.3 is 0 Å². The molecule has 2 aromatic rings. The van der Waals surface area contributed by atoms with Gasteiger partial charge in [0.1, 0.15) is 11.5 Å². The summed E-state index contributed by atoms with van der Waals surface area (Å²) in [7, 11) is 3.22. The molecule has 0 aliphatic heterocycles. The lowest BCUT2D eigenvalue weighted by molar-refractivity contribution is 0.414. The van der Waals surface area contributed by atoms with E-state index in [0.29, 0.717) is 34.4 Å². The van der Waals surface area contributed by atoms with Crippen LogP contribution in [-0.4, -0.2) is 28.8 Å². The van der Waals surface area contributed by atoms with Crippen LogP contribution in [0.2, 0.25) is 10.0 Å². The number of hydrogen-bond donors (Lipinski definition) is 0. The highest BCUT2D eigenvalue weighted by Crippen LogP contribution is 2.39. The van der Waals surface area contributed by atoms with Gasteiger partial charge in [-0.2, -0.15) is 0 Å². The smallest absolute Gasteiger partial charge is 0.145 e. The molecule has 0 unspecified atom stereocenters. The van der Waals surface area contributed by atoms with Gasteiger partial charge in [0.05, 0.1) is 24.3 Å². The first-order valence-corrected chi connectivity index (χ1v) is 13.7. The zero-order valence-corrected chi connectivity index (χ0v) is 24.9. The van der Waals surface area contributed by atoms with E-state index in [1.165, 1.54) is 0 Å². The summed E-state index contributed by atoms with van der Waals surface area (Å²) in [5.41, 5.74) is 4.54. The van der Waals surface area contributed by atoms with E-state index < -0.39 is 0 Å². The molecular weight excluding hydrogens is 535 g/mol. The first-order chi connectivity index (χ1) is 16.7. The third-order valence-electron chi connectivity index (χ3n) is 5.76. The van der Waals surface area contributed by atoms with Gasteiger partial charge in [-0.25, -0.2) is 0 Å². The largest absolute Gasteiger partial charge is 0.495 e. The number of halogens is 2. The highest BCUT2D eigenvalue weighted by atomic mass is 35.5. The first kappa shape index (κ1) is 29.9. The van der Waals surface area contributed by atoms with Gasteiger partial charge < -0.3 is 9.47 Å². The monoisotopic (exact) mass is 566 g/mol. The predicted octanol–water partition coefficient (Wildman–Crippen LogP) is 9.65. The van der Waals surface area contributed by atoms with E-state index >= 15 is 0 Å². The van der Waals surface area contributed by atoms with Crippen molar-refractivity contribution in [1.82, 2.24) is 0 Å². The summed E-state index contributed by atoms with van der Waals surface area (Å²) < 4.78 is 11.2. The summed E-state index contributed by atoms with van der Waals surface area (Å²) in [6.07, 6.45) is 7.29. The van der Waals surface area contributed by atoms with Crippen molar-refractivity contribution in [3.05, 3.63) is 62.6 Å². The minimum absolute atomic E-state index is 0.512. The number of ether oxygens (including phenoxy) is 2. The maximum atomic E-state index is 6.68. The Bertz CT molecular complexity index is 1060. The molecule has 0 bridgehead atoms. The number of allylic oxidation sites excluding steroid dienone is 1. The molecule has 7 heteroatoms. The summed E-state index contributed by atoms with van der Waals surface area (Å²) in [6, 6.07) is 7.94. The van der Waals surface area contributed by atoms with Crippen LogP contribution >= 0.6 is 59.9 Å². The molecule has 2 aromatic carbocycles. The van der Waals surface area contributed by atoms with Crippen LogP contribution < -0.4 is 9.47 Å². The number of benzene rings is 2. The molecule has 0 aliphatic rings. The molecule has 0 spiro atoms. The molecule has 2 nitrogen and oxygen atoms in total. The van der Waals surface area contributed by atoms with Crippen molar-refractivity contribution in [3.8, 4) is 11.5 Å². The topological polar surface area (TPSA) is 18.5 Å². The molecule has 2 rings (SSSR count). The molecule has 0 saturated heterocycles. The third kappa shape index (κ3) is 7.56. The summed E-state index contributed by atoms with van der Waals surface area (Å²) in [5.74, 6) is 1.19. The summed E-state index contributed by atoms with van der Waals surface area (Å²) >= 11 is 30.1. The Morgan fingerprint density at radius 2 is 1.23 bits per heavy atom. The molecule has 0 saturated carbocycles. The number of thiocarbonyl (C=S) groups is 3. The van der Waals surface area contributed by atoms with Gasteiger partial charge in [0.25, 0.3) is 0 Å². The van der Waals surface area contributed by atoms with Crippen molar-refractivity contribution in [3.63, 3.8) is 0 Å². The van der Waals surface area contributed by atoms with Gasteiger partial charge in [-0.15, -0.1) is 0 Å². The number of unbranched alkanes of at least 4 members (excludes halogenated alkanes) is 1. The van der Waals surface area contributed by atoms with E-state index in [0.717, 1.165) is 68.1 Å². The van der Waals surface area contributed by atoms with E-state index in [9.17, 15) is 0 Å². The van der Waals surface area contributed by atoms with Crippen molar-refractivity contribution in [2.45, 2.75) is 59.3 Å². The Morgan fingerprint density at radius 3 is 1.60 bits per heavy atom. The number of rotatable bonds is 13. The van der Waals surface area contributed by atoms with Crippen molar-refractivity contribution in [1.29, 1.82) is 0 Å². The summed E-state index contributed by atoms with van der Waals surface area (Å²) in [4.78, 5) is 2.67. The lowest BCUT2D eigenvalue weighted by atomic mass is 9.91. The molecule has 0 N–H and O–H groups in total. The van der Waals surface area contributed by atoms with Crippen molar-refractivity contribution in [2.75, 3.05) is 14.2 Å². The second-order valence-corrected chi connectivity index (χ2v) is 10.4. The van der Waals surface area contributed by atoms with Gasteiger partial charge in [0.2, 0.25) is 0 Å². The lowest BCUT2D eigenvalue weighted by Gasteiger charge is -2.18. The zero-order valence-electron chi connectivity index (χ0n) is 20.9. The van der Waals surface area contributed by atoms with Crippen molar-refractivity contribution in [2.24, 2.45) is 0 Å². The molecule has 188 valence electrons. The average Bonchev–Trinajstić information content (AvgIpc) is 2.86. The van der Waals surface area contributed by atoms with Crippen molar-refractivity contribution < 1.29 is 9.47 Å². The number of methoxy groups -OCH3 is 2. The lowest BCUT2D eigenvalue weighted by Crippen LogP contribution is -2.04. The Kier molecular flexibility index (Phi) is 12.3. The predicted molar refractivity (Wildman–Crippen MR) is 164 cm³/mol.